The average Bonchev–Trinajstić information content (AvgIpc) is 2.15. The maximum atomic E-state index is 16.4. The van der Waals surface area contributed by atoms with Crippen molar-refractivity contribution in [1.82, 2.24) is 24.0 Å². The minimum Gasteiger partial charge on any atom is -0.407 e. The highest BCUT2D eigenvalue weighted by Gasteiger charge is 2.57. The molecule has 474 valence electrons. The van der Waals surface area contributed by atoms with E-state index in [1.807, 2.05) is 159 Å². The summed E-state index contributed by atoms with van der Waals surface area (Å²) >= 11 is 7.11. The molecular weight excluding hydrogens is 1230 g/mol. The Kier molecular flexibility index (Phi) is 23.9. The second-order valence-electron chi connectivity index (χ2n) is 24.2. The first-order chi connectivity index (χ1) is 41.0. The van der Waals surface area contributed by atoms with Crippen LogP contribution in [-0.2, 0) is 46.8 Å². The van der Waals surface area contributed by atoms with Crippen molar-refractivity contribution in [3.05, 3.63) is 203 Å². The number of hydrogen-bond acceptors (Lipinski definition) is 17. The van der Waals surface area contributed by atoms with Crippen molar-refractivity contribution in [1.29, 1.82) is 0 Å². The normalized spacial score (nSPS) is 21.9. The minimum absolute atomic E-state index is 0.290. The summed E-state index contributed by atoms with van der Waals surface area (Å²) in [5.41, 5.74) is -1.97. The molecule has 0 amide bonds. The van der Waals surface area contributed by atoms with Crippen molar-refractivity contribution in [2.24, 2.45) is 0 Å². The Morgan fingerprint density at radius 1 is 0.609 bits per heavy atom. The lowest BCUT2D eigenvalue weighted by molar-refractivity contribution is -0.0945. The number of nitrogens with one attached hydrogen (secondary N) is 2. The van der Waals surface area contributed by atoms with Crippen LogP contribution in [0.15, 0.2) is 164 Å². The summed E-state index contributed by atoms with van der Waals surface area (Å²) < 4.78 is 73.3. The van der Waals surface area contributed by atoms with E-state index in [-0.39, 0.29) is 6.61 Å². The largest absolute Gasteiger partial charge is 0.407 e. The van der Waals surface area contributed by atoms with Crippen molar-refractivity contribution in [2.75, 3.05) is 32.8 Å². The van der Waals surface area contributed by atoms with Gasteiger partial charge in [0.15, 0.2) is 29.1 Å². The Labute approximate surface area is 521 Å². The Morgan fingerprint density at radius 3 is 1.38 bits per heavy atom. The summed E-state index contributed by atoms with van der Waals surface area (Å²) in [7, 11) is -8.90. The molecule has 4 aromatic carbocycles. The third kappa shape index (κ3) is 17.1. The first-order valence-corrected chi connectivity index (χ1v) is 39.3. The molecule has 0 spiro atoms. The van der Waals surface area contributed by atoms with Gasteiger partial charge in [0.1, 0.15) is 42.2 Å². The lowest BCUT2D eigenvalue weighted by Crippen LogP contribution is -2.50. The van der Waals surface area contributed by atoms with Crippen LogP contribution in [0.3, 0.4) is 0 Å². The number of rotatable bonds is 24. The number of H-pyrrole nitrogens is 2. The fourth-order valence-electron chi connectivity index (χ4n) is 9.70. The molecule has 2 aromatic heterocycles. The zero-order valence-corrected chi connectivity index (χ0v) is 57.0. The maximum Gasteiger partial charge on any atom is 0.394 e. The molecule has 0 aliphatic carbocycles. The monoisotopic (exact) mass is 1310 g/mol. The highest BCUT2D eigenvalue weighted by atomic mass is 35.5. The second kappa shape index (κ2) is 29.7. The second-order valence-corrected chi connectivity index (χ2v) is 38.8. The third-order valence-corrected chi connectivity index (χ3v) is 29.7. The quantitative estimate of drug-likeness (QED) is 0.0250. The van der Waals surface area contributed by atoms with Gasteiger partial charge in [-0.2, -0.15) is 0 Å². The lowest BCUT2D eigenvalue weighted by Gasteiger charge is -2.41. The van der Waals surface area contributed by atoms with Crippen LogP contribution in [0, 0.1) is 0 Å². The van der Waals surface area contributed by atoms with Crippen LogP contribution in [0.4, 0.5) is 0 Å². The number of aromatic nitrogens is 4. The SMILES string of the molecule is CC(C)(C)[Si](C)(C)O[C@@H]1[C@H](OP(O)O)[C@@H](COP(=O)(O[C@H]2[C@@H](O[Si](C)(C)C(C)(C)C)[C@H](n3ccc(=O)[nH]c3=O)O[C@@H]2COC(c2ccccc2)(c2ccccc2)c2ccccc2)Sc2ccc(Cl)cc2)O[C@H]1n1ccc(=O)[nH]c1=O.CCN(CC)CC. The van der Waals surface area contributed by atoms with Crippen molar-refractivity contribution in [3.63, 3.8) is 0 Å². The third-order valence-electron chi connectivity index (χ3n) is 16.5. The summed E-state index contributed by atoms with van der Waals surface area (Å²) in [5.74, 6) is 0. The molecule has 2 aliphatic rings. The highest BCUT2D eigenvalue weighted by Crippen LogP contribution is 2.66. The minimum atomic E-state index is -4.75. The van der Waals surface area contributed by atoms with Crippen molar-refractivity contribution in [3.8, 4) is 0 Å². The van der Waals surface area contributed by atoms with Gasteiger partial charge in [0.05, 0.1) is 13.2 Å². The predicted octanol–water partition coefficient (Wildman–Crippen LogP) is 11.6. The number of nitrogens with zero attached hydrogens (tertiary/aromatic N) is 3. The molecule has 2 fully saturated rings. The van der Waals surface area contributed by atoms with Crippen LogP contribution in [-0.4, -0.2) is 120 Å². The van der Waals surface area contributed by atoms with Gasteiger partial charge < -0.3 is 42.3 Å². The average molecular weight is 1310 g/mol. The first kappa shape index (κ1) is 70.0. The summed E-state index contributed by atoms with van der Waals surface area (Å²) in [4.78, 5) is 80.9. The van der Waals surface area contributed by atoms with E-state index in [1.54, 1.807) is 24.3 Å². The molecule has 0 bridgehead atoms. The van der Waals surface area contributed by atoms with E-state index in [0.29, 0.717) is 9.92 Å². The summed E-state index contributed by atoms with van der Waals surface area (Å²) in [5, 5.41) is -0.472. The number of benzene rings is 4. The van der Waals surface area contributed by atoms with E-state index in [0.717, 1.165) is 38.7 Å². The van der Waals surface area contributed by atoms with Gasteiger partial charge in [-0.25, -0.2) is 14.2 Å². The molecule has 0 saturated carbocycles. The molecule has 87 heavy (non-hydrogen) atoms. The smallest absolute Gasteiger partial charge is 0.394 e. The Morgan fingerprint density at radius 2 is 1.01 bits per heavy atom. The Balaban J connectivity index is 0.00000145. The molecule has 4 N–H and O–H groups in total. The lowest BCUT2D eigenvalue weighted by atomic mass is 9.80. The van der Waals surface area contributed by atoms with Gasteiger partial charge in [-0.15, -0.1) is 0 Å². The number of hydrogen-bond donors (Lipinski definition) is 4. The molecule has 1 unspecified atom stereocenters. The molecule has 8 rings (SSSR count). The summed E-state index contributed by atoms with van der Waals surface area (Å²) in [6, 6.07) is 37.7. The molecule has 20 nitrogen and oxygen atoms in total. The standard InChI is InChI=1S/C55H69ClN4O15P2SSi2.C6H15N/c1-53(2,3)79(7,8)74-47-45(72-76(65)66)42(71-49(47)59-32-30-43(61)57-51(59)63)35-69-77(67,78-40-28-26-39(56)27-29-40)73-46-41(70-50(60-33-31-44(62)58-52(60)64)48(46)75-80(9,10)54(4,5)6)34-68-55(36-20-14-11-15-21-36,37-22-16-12-17-23-37)38-24-18-13-19-25-38;1-4-7(5-2)6-3/h11-33,41-42,45-50,65-66H,34-35H2,1-10H3,(H,57,61,63)(H,58,62,64);4-6H2,1-3H3/t41-,42-,45-,46-,47-,48-,49-,50-,77?;/m1./s1. The van der Waals surface area contributed by atoms with Crippen LogP contribution in [0.2, 0.25) is 41.3 Å². The number of aromatic amines is 2. The van der Waals surface area contributed by atoms with Crippen LogP contribution < -0.4 is 22.5 Å². The number of halogens is 1. The molecule has 4 heterocycles. The van der Waals surface area contributed by atoms with Crippen LogP contribution in [0.1, 0.15) is 91.5 Å². The van der Waals surface area contributed by atoms with Gasteiger partial charge in [0.2, 0.25) is 0 Å². The van der Waals surface area contributed by atoms with E-state index >= 15 is 4.57 Å². The Hall–Kier alpha value is -4.47. The highest BCUT2D eigenvalue weighted by molar-refractivity contribution is 8.55. The van der Waals surface area contributed by atoms with E-state index in [2.05, 4.69) is 35.6 Å². The zero-order chi connectivity index (χ0) is 63.7. The Bertz CT molecular complexity index is 3360. The maximum absolute atomic E-state index is 16.4. The van der Waals surface area contributed by atoms with Crippen molar-refractivity contribution in [2.45, 2.75) is 158 Å². The van der Waals surface area contributed by atoms with E-state index in [4.69, 9.17) is 48.2 Å². The van der Waals surface area contributed by atoms with E-state index < -0.39 is 126 Å². The van der Waals surface area contributed by atoms with Gasteiger partial charge >= 0.3 is 26.8 Å². The molecular formula is C61H84ClN5O15P2SSi2. The van der Waals surface area contributed by atoms with E-state index in [9.17, 15) is 29.0 Å². The molecule has 0 radical (unpaired) electrons. The van der Waals surface area contributed by atoms with Gasteiger partial charge in [-0.05, 0) is 108 Å². The molecule has 6 aromatic rings. The fourth-order valence-corrected chi connectivity index (χ4v) is 16.3. The zero-order valence-electron chi connectivity index (χ0n) is 51.7. The molecule has 9 atom stereocenters. The molecule has 26 heteroatoms. The summed E-state index contributed by atoms with van der Waals surface area (Å²) in [6.45, 7) is 24.5. The van der Waals surface area contributed by atoms with Crippen LogP contribution >= 0.6 is 38.4 Å². The van der Waals surface area contributed by atoms with Gasteiger partial charge in [-0.3, -0.25) is 37.7 Å². The first-order valence-electron chi connectivity index (χ1n) is 29.0. The molecule has 2 aliphatic heterocycles. The van der Waals surface area contributed by atoms with Gasteiger partial charge in [0.25, 0.3) is 11.1 Å². The van der Waals surface area contributed by atoms with Gasteiger partial charge in [-0.1, -0.05) is 165 Å². The number of ether oxygens (including phenoxy) is 3. The summed E-state index contributed by atoms with van der Waals surface area (Å²) in [6.07, 6.45) is -7.96. The topological polar surface area (TPSA) is 244 Å². The van der Waals surface area contributed by atoms with Gasteiger partial charge in [0, 0.05) is 34.4 Å². The van der Waals surface area contributed by atoms with Crippen LogP contribution in [0.5, 0.6) is 0 Å². The fraction of sp³-hybridized carbons (Fsp3) is 0.475. The predicted molar refractivity (Wildman–Crippen MR) is 345 cm³/mol. The molecule has 2 saturated heterocycles. The van der Waals surface area contributed by atoms with Crippen molar-refractivity contribution < 1.29 is 51.0 Å². The van der Waals surface area contributed by atoms with Crippen LogP contribution in [0.25, 0.3) is 0 Å². The van der Waals surface area contributed by atoms with Crippen molar-refractivity contribution >= 4 is 55.0 Å². The van der Waals surface area contributed by atoms with E-state index in [1.165, 1.54) is 42.7 Å².